The van der Waals surface area contributed by atoms with Gasteiger partial charge in [-0.1, -0.05) is 12.1 Å². The van der Waals surface area contributed by atoms with Crippen molar-refractivity contribution in [3.05, 3.63) is 42.0 Å². The number of nitrogen functional groups attached to an aromatic ring is 1. The van der Waals surface area contributed by atoms with E-state index in [1.165, 1.54) is 7.11 Å². The Hall–Kier alpha value is -2.27. The van der Waals surface area contributed by atoms with Crippen LogP contribution in [0.15, 0.2) is 36.4 Å². The maximum Gasteiger partial charge on any atom is 0.240 e. The van der Waals surface area contributed by atoms with Gasteiger partial charge in [-0.25, -0.2) is 0 Å². The zero-order valence-electron chi connectivity index (χ0n) is 10.9. The lowest BCUT2D eigenvalue weighted by atomic mass is 10.2. The summed E-state index contributed by atoms with van der Waals surface area (Å²) in [5.74, 6) is 1.47. The molecule has 0 fully saturated rings. The normalized spacial score (nSPS) is 10.2. The average molecular weight is 260 g/mol. The lowest BCUT2D eigenvalue weighted by Gasteiger charge is -2.09. The van der Waals surface area contributed by atoms with Gasteiger partial charge >= 0.3 is 0 Å². The van der Waals surface area contributed by atoms with Crippen LogP contribution in [0.1, 0.15) is 5.56 Å². The summed E-state index contributed by atoms with van der Waals surface area (Å²) >= 11 is 0. The summed E-state index contributed by atoms with van der Waals surface area (Å²) in [6, 6.07) is 11.0. The first kappa shape index (κ1) is 13.2. The van der Waals surface area contributed by atoms with Crippen molar-refractivity contribution in [1.29, 1.82) is 0 Å². The second-order valence-corrected chi connectivity index (χ2v) is 3.93. The van der Waals surface area contributed by atoms with Gasteiger partial charge in [0.15, 0.2) is 0 Å². The van der Waals surface area contributed by atoms with Crippen LogP contribution in [0.5, 0.6) is 17.5 Å². The number of pyridine rings is 1. The fourth-order valence-electron chi connectivity index (χ4n) is 1.64. The van der Waals surface area contributed by atoms with Gasteiger partial charge in [-0.15, -0.1) is 0 Å². The standard InChI is InChI=1S/C14H16N2O3/c1-17-9-10-4-3-5-11(8-10)19-13-7-6-12(15)14(16-13)18-2/h3-8H,9,15H2,1-2H3. The minimum Gasteiger partial charge on any atom is -0.479 e. The van der Waals surface area contributed by atoms with E-state index < -0.39 is 0 Å². The fraction of sp³-hybridized carbons (Fsp3) is 0.214. The third kappa shape index (κ3) is 3.35. The van der Waals surface area contributed by atoms with Crippen LogP contribution in [0.4, 0.5) is 5.69 Å². The monoisotopic (exact) mass is 260 g/mol. The highest BCUT2D eigenvalue weighted by Crippen LogP contribution is 2.26. The molecule has 0 aliphatic carbocycles. The predicted molar refractivity (Wildman–Crippen MR) is 72.4 cm³/mol. The average Bonchev–Trinajstić information content (AvgIpc) is 2.42. The van der Waals surface area contributed by atoms with Crippen molar-refractivity contribution in [3.63, 3.8) is 0 Å². The molecule has 5 heteroatoms. The van der Waals surface area contributed by atoms with Gasteiger partial charge in [0.2, 0.25) is 11.8 Å². The SMILES string of the molecule is COCc1cccc(Oc2ccc(N)c(OC)n2)c1. The van der Waals surface area contributed by atoms with Crippen LogP contribution in [0, 0.1) is 0 Å². The van der Waals surface area contributed by atoms with Gasteiger partial charge in [-0.3, -0.25) is 0 Å². The van der Waals surface area contributed by atoms with Gasteiger partial charge in [0.05, 0.1) is 19.4 Å². The van der Waals surface area contributed by atoms with Crippen LogP contribution in [0.25, 0.3) is 0 Å². The maximum atomic E-state index is 5.70. The summed E-state index contributed by atoms with van der Waals surface area (Å²) < 4.78 is 15.8. The van der Waals surface area contributed by atoms with E-state index in [2.05, 4.69) is 4.98 Å². The van der Waals surface area contributed by atoms with Crippen molar-refractivity contribution < 1.29 is 14.2 Å². The Kier molecular flexibility index (Phi) is 4.20. The summed E-state index contributed by atoms with van der Waals surface area (Å²) in [6.45, 7) is 0.537. The van der Waals surface area contributed by atoms with Crippen molar-refractivity contribution in [2.75, 3.05) is 20.0 Å². The minimum atomic E-state index is 0.352. The number of hydrogen-bond donors (Lipinski definition) is 1. The molecule has 0 saturated carbocycles. The molecule has 100 valence electrons. The van der Waals surface area contributed by atoms with E-state index in [1.54, 1.807) is 19.2 Å². The highest BCUT2D eigenvalue weighted by Gasteiger charge is 2.05. The number of methoxy groups -OCH3 is 2. The Morgan fingerprint density at radius 2 is 2.00 bits per heavy atom. The summed E-state index contributed by atoms with van der Waals surface area (Å²) in [6.07, 6.45) is 0. The Balaban J connectivity index is 2.18. The lowest BCUT2D eigenvalue weighted by Crippen LogP contribution is -1.97. The zero-order valence-corrected chi connectivity index (χ0v) is 10.9. The highest BCUT2D eigenvalue weighted by molar-refractivity contribution is 5.49. The van der Waals surface area contributed by atoms with E-state index in [0.717, 1.165) is 5.56 Å². The van der Waals surface area contributed by atoms with E-state index >= 15 is 0 Å². The van der Waals surface area contributed by atoms with E-state index in [4.69, 9.17) is 19.9 Å². The zero-order chi connectivity index (χ0) is 13.7. The van der Waals surface area contributed by atoms with Crippen molar-refractivity contribution in [3.8, 4) is 17.5 Å². The largest absolute Gasteiger partial charge is 0.479 e. The summed E-state index contributed by atoms with van der Waals surface area (Å²) in [5.41, 5.74) is 7.20. The van der Waals surface area contributed by atoms with Crippen LogP contribution in [-0.2, 0) is 11.3 Å². The smallest absolute Gasteiger partial charge is 0.240 e. The predicted octanol–water partition coefficient (Wildman–Crippen LogP) is 2.61. The van der Waals surface area contributed by atoms with Crippen LogP contribution in [0.2, 0.25) is 0 Å². The topological polar surface area (TPSA) is 66.6 Å². The molecule has 0 aliphatic rings. The molecular formula is C14H16N2O3. The van der Waals surface area contributed by atoms with Gasteiger partial charge < -0.3 is 19.9 Å². The van der Waals surface area contributed by atoms with E-state index in [1.807, 2.05) is 24.3 Å². The summed E-state index contributed by atoms with van der Waals surface area (Å²) in [7, 11) is 3.17. The number of aromatic nitrogens is 1. The molecule has 0 atom stereocenters. The first-order chi connectivity index (χ1) is 9.22. The van der Waals surface area contributed by atoms with Gasteiger partial charge in [0.1, 0.15) is 5.75 Å². The molecule has 0 unspecified atom stereocenters. The van der Waals surface area contributed by atoms with Crippen molar-refractivity contribution >= 4 is 5.69 Å². The molecule has 19 heavy (non-hydrogen) atoms. The number of hydrogen-bond acceptors (Lipinski definition) is 5. The van der Waals surface area contributed by atoms with Crippen LogP contribution < -0.4 is 15.2 Å². The van der Waals surface area contributed by atoms with E-state index in [-0.39, 0.29) is 0 Å². The summed E-state index contributed by atoms with van der Waals surface area (Å²) in [5, 5.41) is 0. The van der Waals surface area contributed by atoms with Crippen LogP contribution >= 0.6 is 0 Å². The van der Waals surface area contributed by atoms with Crippen molar-refractivity contribution in [1.82, 2.24) is 4.98 Å². The molecule has 2 aromatic rings. The van der Waals surface area contributed by atoms with Crippen LogP contribution in [-0.4, -0.2) is 19.2 Å². The lowest BCUT2D eigenvalue weighted by molar-refractivity contribution is 0.184. The number of benzene rings is 1. The number of nitrogens with zero attached hydrogens (tertiary/aromatic N) is 1. The maximum absolute atomic E-state index is 5.70. The molecule has 0 saturated heterocycles. The molecular weight excluding hydrogens is 244 g/mol. The van der Waals surface area contributed by atoms with Gasteiger partial charge in [-0.2, -0.15) is 4.98 Å². The van der Waals surface area contributed by atoms with E-state index in [9.17, 15) is 0 Å². The fourth-order valence-corrected chi connectivity index (χ4v) is 1.64. The highest BCUT2D eigenvalue weighted by atomic mass is 16.5. The van der Waals surface area contributed by atoms with Crippen molar-refractivity contribution in [2.24, 2.45) is 0 Å². The summed E-state index contributed by atoms with van der Waals surface area (Å²) in [4.78, 5) is 4.16. The first-order valence-electron chi connectivity index (χ1n) is 5.79. The minimum absolute atomic E-state index is 0.352. The molecule has 0 bridgehead atoms. The number of ether oxygens (including phenoxy) is 3. The Morgan fingerprint density at radius 3 is 2.74 bits per heavy atom. The molecule has 1 aromatic heterocycles. The van der Waals surface area contributed by atoms with Gasteiger partial charge in [-0.05, 0) is 23.8 Å². The Labute approximate surface area is 111 Å². The number of anilines is 1. The first-order valence-corrected chi connectivity index (χ1v) is 5.79. The van der Waals surface area contributed by atoms with Crippen LogP contribution in [0.3, 0.4) is 0 Å². The molecule has 1 aromatic carbocycles. The molecule has 0 radical (unpaired) electrons. The molecule has 0 spiro atoms. The molecule has 2 N–H and O–H groups in total. The number of nitrogens with two attached hydrogens (primary N) is 1. The van der Waals surface area contributed by atoms with Gasteiger partial charge in [0.25, 0.3) is 0 Å². The molecule has 0 aliphatic heterocycles. The quantitative estimate of drug-likeness (QED) is 0.895. The Bertz CT molecular complexity index is 558. The molecule has 0 amide bonds. The van der Waals surface area contributed by atoms with Crippen molar-refractivity contribution in [2.45, 2.75) is 6.61 Å². The second-order valence-electron chi connectivity index (χ2n) is 3.93. The third-order valence-corrected chi connectivity index (χ3v) is 2.49. The second kappa shape index (κ2) is 6.06. The third-order valence-electron chi connectivity index (χ3n) is 2.49. The molecule has 2 rings (SSSR count). The van der Waals surface area contributed by atoms with Gasteiger partial charge in [0, 0.05) is 13.2 Å². The Morgan fingerprint density at radius 1 is 1.16 bits per heavy atom. The molecule has 1 heterocycles. The molecule has 5 nitrogen and oxygen atoms in total. The van der Waals surface area contributed by atoms with E-state index in [0.29, 0.717) is 29.8 Å². The number of rotatable bonds is 5.